The van der Waals surface area contributed by atoms with Crippen molar-refractivity contribution >= 4 is 5.97 Å². The Kier molecular flexibility index (Phi) is 5.14. The van der Waals surface area contributed by atoms with Gasteiger partial charge in [0.05, 0.1) is 6.61 Å². The number of alkyl halides is 3. The lowest BCUT2D eigenvalue weighted by molar-refractivity contribution is -0.267. The SMILES string of the molecule is CCOC(=O)[C@](O)(c1ccc(Oc2ccccc2)cc1)C(F)(F)F. The zero-order chi connectivity index (χ0) is 17.8. The number of aliphatic hydroxyl groups is 1. The molecular formula is C17H15F3O4. The molecule has 0 saturated heterocycles. The average Bonchev–Trinajstić information content (AvgIpc) is 2.55. The molecule has 24 heavy (non-hydrogen) atoms. The van der Waals surface area contributed by atoms with E-state index in [1.807, 2.05) is 0 Å². The van der Waals surface area contributed by atoms with Crippen LogP contribution in [0.4, 0.5) is 13.2 Å². The van der Waals surface area contributed by atoms with Crippen molar-refractivity contribution in [1.82, 2.24) is 0 Å². The molecule has 0 aliphatic rings. The number of para-hydroxylation sites is 1. The molecule has 0 unspecified atom stereocenters. The largest absolute Gasteiger partial charge is 0.463 e. The predicted molar refractivity (Wildman–Crippen MR) is 79.5 cm³/mol. The molecule has 0 heterocycles. The van der Waals surface area contributed by atoms with E-state index in [2.05, 4.69) is 4.74 Å². The van der Waals surface area contributed by atoms with E-state index in [1.165, 1.54) is 19.1 Å². The van der Waals surface area contributed by atoms with Gasteiger partial charge in [-0.05, 0) is 31.2 Å². The van der Waals surface area contributed by atoms with Crippen LogP contribution in [0.25, 0.3) is 0 Å². The van der Waals surface area contributed by atoms with Crippen LogP contribution in [0.1, 0.15) is 12.5 Å². The summed E-state index contributed by atoms with van der Waals surface area (Å²) in [5.74, 6) is -1.01. The van der Waals surface area contributed by atoms with Gasteiger partial charge in [0, 0.05) is 5.56 Å². The first-order valence-corrected chi connectivity index (χ1v) is 7.08. The third kappa shape index (κ3) is 3.51. The molecule has 0 aliphatic carbocycles. The van der Waals surface area contributed by atoms with E-state index in [0.717, 1.165) is 12.1 Å². The lowest BCUT2D eigenvalue weighted by Gasteiger charge is -2.28. The van der Waals surface area contributed by atoms with Crippen LogP contribution < -0.4 is 4.74 Å². The maximum absolute atomic E-state index is 13.2. The minimum atomic E-state index is -5.22. The van der Waals surface area contributed by atoms with Crippen molar-refractivity contribution in [1.29, 1.82) is 0 Å². The molecule has 1 N–H and O–H groups in total. The highest BCUT2D eigenvalue weighted by atomic mass is 19.4. The molecule has 2 aromatic rings. The Morgan fingerprint density at radius 2 is 1.54 bits per heavy atom. The fourth-order valence-electron chi connectivity index (χ4n) is 2.02. The quantitative estimate of drug-likeness (QED) is 0.842. The topological polar surface area (TPSA) is 55.8 Å². The summed E-state index contributed by atoms with van der Waals surface area (Å²) in [4.78, 5) is 11.7. The van der Waals surface area contributed by atoms with Gasteiger partial charge in [-0.15, -0.1) is 0 Å². The van der Waals surface area contributed by atoms with Crippen LogP contribution in [0, 0.1) is 0 Å². The van der Waals surface area contributed by atoms with Gasteiger partial charge in [0.1, 0.15) is 11.5 Å². The number of hydrogen-bond acceptors (Lipinski definition) is 4. The Labute approximate surface area is 136 Å². The van der Waals surface area contributed by atoms with E-state index >= 15 is 0 Å². The monoisotopic (exact) mass is 340 g/mol. The number of carbonyl (C=O) groups is 1. The second-order valence-electron chi connectivity index (χ2n) is 4.87. The van der Waals surface area contributed by atoms with Crippen molar-refractivity contribution < 1.29 is 32.5 Å². The molecule has 1 atom stereocenters. The maximum Gasteiger partial charge on any atom is 0.432 e. The van der Waals surface area contributed by atoms with Gasteiger partial charge in [0.15, 0.2) is 0 Å². The third-order valence-corrected chi connectivity index (χ3v) is 3.23. The molecule has 0 radical (unpaired) electrons. The molecule has 0 fully saturated rings. The van der Waals surface area contributed by atoms with E-state index in [4.69, 9.17) is 4.74 Å². The summed E-state index contributed by atoms with van der Waals surface area (Å²) in [6.45, 7) is 1.07. The molecule has 2 aromatic carbocycles. The Bertz CT molecular complexity index is 683. The predicted octanol–water partition coefficient (Wildman–Crippen LogP) is 3.79. The van der Waals surface area contributed by atoms with E-state index in [0.29, 0.717) is 5.75 Å². The van der Waals surface area contributed by atoms with E-state index < -0.39 is 23.3 Å². The summed E-state index contributed by atoms with van der Waals surface area (Å²) in [7, 11) is 0. The zero-order valence-electron chi connectivity index (χ0n) is 12.7. The van der Waals surface area contributed by atoms with Gasteiger partial charge in [-0.1, -0.05) is 30.3 Å². The second-order valence-corrected chi connectivity index (χ2v) is 4.87. The average molecular weight is 340 g/mol. The highest BCUT2D eigenvalue weighted by Crippen LogP contribution is 2.40. The smallest absolute Gasteiger partial charge is 0.432 e. The Balaban J connectivity index is 2.30. The highest BCUT2D eigenvalue weighted by molar-refractivity contribution is 5.82. The molecule has 0 bridgehead atoms. The minimum absolute atomic E-state index is 0.262. The van der Waals surface area contributed by atoms with Gasteiger partial charge >= 0.3 is 12.1 Å². The number of halogens is 3. The van der Waals surface area contributed by atoms with Gasteiger partial charge in [-0.25, -0.2) is 4.79 Å². The van der Waals surface area contributed by atoms with E-state index in [-0.39, 0.29) is 12.4 Å². The first-order valence-electron chi connectivity index (χ1n) is 7.08. The van der Waals surface area contributed by atoms with Crippen LogP contribution in [-0.2, 0) is 15.1 Å². The van der Waals surface area contributed by atoms with Gasteiger partial charge in [-0.2, -0.15) is 13.2 Å². The lowest BCUT2D eigenvalue weighted by atomic mass is 9.93. The third-order valence-electron chi connectivity index (χ3n) is 3.23. The zero-order valence-corrected chi connectivity index (χ0v) is 12.7. The minimum Gasteiger partial charge on any atom is -0.463 e. The number of esters is 1. The van der Waals surface area contributed by atoms with Crippen LogP contribution in [0.3, 0.4) is 0 Å². The van der Waals surface area contributed by atoms with E-state index in [1.54, 1.807) is 30.3 Å². The molecule has 0 saturated carbocycles. The van der Waals surface area contributed by atoms with Gasteiger partial charge in [0.25, 0.3) is 5.60 Å². The molecule has 0 aromatic heterocycles. The molecule has 128 valence electrons. The molecule has 7 heteroatoms. The summed E-state index contributed by atoms with van der Waals surface area (Å²) < 4.78 is 49.5. The number of rotatable bonds is 5. The second kappa shape index (κ2) is 6.92. The number of hydrogen-bond donors (Lipinski definition) is 1. The lowest BCUT2D eigenvalue weighted by Crippen LogP contribution is -2.50. The standard InChI is InChI=1S/C17H15F3O4/c1-2-23-15(21)16(22,17(18,19)20)12-8-10-14(11-9-12)24-13-6-4-3-5-7-13/h3-11,22H,2H2,1H3/t16-/m1/s1. The normalized spacial score (nSPS) is 13.9. The van der Waals surface area contributed by atoms with Crippen LogP contribution in [0.2, 0.25) is 0 Å². The van der Waals surface area contributed by atoms with Crippen molar-refractivity contribution in [2.45, 2.75) is 18.7 Å². The van der Waals surface area contributed by atoms with Crippen LogP contribution >= 0.6 is 0 Å². The summed E-state index contributed by atoms with van der Waals surface area (Å²) >= 11 is 0. The van der Waals surface area contributed by atoms with Crippen LogP contribution in [0.15, 0.2) is 54.6 Å². The summed E-state index contributed by atoms with van der Waals surface area (Å²) in [6, 6.07) is 13.1. The molecule has 0 amide bonds. The molecule has 4 nitrogen and oxygen atoms in total. The van der Waals surface area contributed by atoms with E-state index in [9.17, 15) is 23.1 Å². The summed E-state index contributed by atoms with van der Waals surface area (Å²) in [5, 5.41) is 9.96. The molecule has 0 aliphatic heterocycles. The Morgan fingerprint density at radius 1 is 1.00 bits per heavy atom. The van der Waals surface area contributed by atoms with Crippen molar-refractivity contribution in [3.05, 3.63) is 60.2 Å². The van der Waals surface area contributed by atoms with Gasteiger partial charge in [0.2, 0.25) is 0 Å². The summed E-state index contributed by atoms with van der Waals surface area (Å²) in [6.07, 6.45) is -5.22. The Hall–Kier alpha value is -2.54. The highest BCUT2D eigenvalue weighted by Gasteiger charge is 2.62. The Morgan fingerprint density at radius 3 is 2.04 bits per heavy atom. The number of ether oxygens (including phenoxy) is 2. The van der Waals surface area contributed by atoms with Crippen LogP contribution in [-0.4, -0.2) is 23.9 Å². The van der Waals surface area contributed by atoms with Gasteiger partial charge < -0.3 is 14.6 Å². The maximum atomic E-state index is 13.2. The van der Waals surface area contributed by atoms with Crippen LogP contribution in [0.5, 0.6) is 11.5 Å². The number of benzene rings is 2. The van der Waals surface area contributed by atoms with Crippen molar-refractivity contribution in [3.8, 4) is 11.5 Å². The fourth-order valence-corrected chi connectivity index (χ4v) is 2.02. The van der Waals surface area contributed by atoms with Gasteiger partial charge in [-0.3, -0.25) is 0 Å². The first-order chi connectivity index (χ1) is 11.3. The van der Waals surface area contributed by atoms with Crippen molar-refractivity contribution in [2.24, 2.45) is 0 Å². The van der Waals surface area contributed by atoms with Crippen molar-refractivity contribution in [3.63, 3.8) is 0 Å². The number of carbonyl (C=O) groups excluding carboxylic acids is 1. The summed E-state index contributed by atoms with van der Waals surface area (Å²) in [5.41, 5.74) is -4.37. The fraction of sp³-hybridized carbons (Fsp3) is 0.235. The van der Waals surface area contributed by atoms with Crippen molar-refractivity contribution in [2.75, 3.05) is 6.61 Å². The molecule has 2 rings (SSSR count). The molecular weight excluding hydrogens is 325 g/mol. The first kappa shape index (κ1) is 17.8. The molecule has 0 spiro atoms.